The first-order valence-corrected chi connectivity index (χ1v) is 7.79. The monoisotopic (exact) mass is 320 g/mol. The lowest BCUT2D eigenvalue weighted by atomic mass is 9.82. The van der Waals surface area contributed by atoms with E-state index in [0.29, 0.717) is 0 Å². The first-order valence-electron chi connectivity index (χ1n) is 7.79. The largest absolute Gasteiger partial charge is 0.465 e. The molecule has 0 aromatic heterocycles. The summed E-state index contributed by atoms with van der Waals surface area (Å²) in [4.78, 5) is 36.2. The number of hydrogen-bond acceptors (Lipinski definition) is 5. The average Bonchev–Trinajstić information content (AvgIpc) is 2.47. The fourth-order valence-electron chi connectivity index (χ4n) is 2.44. The minimum absolute atomic E-state index is 0.0748. The van der Waals surface area contributed by atoms with E-state index in [1.807, 2.05) is 31.2 Å². The van der Waals surface area contributed by atoms with Crippen molar-refractivity contribution in [1.29, 1.82) is 0 Å². The SMILES string of the molecule is CCOC(=O)C(C(=O)OCC)[C@H](CC(C)=O)c1ccc(C)cc1. The fourth-order valence-corrected chi connectivity index (χ4v) is 2.44. The maximum Gasteiger partial charge on any atom is 0.320 e. The minimum Gasteiger partial charge on any atom is -0.465 e. The zero-order valence-corrected chi connectivity index (χ0v) is 14.1. The van der Waals surface area contributed by atoms with E-state index in [9.17, 15) is 14.4 Å². The van der Waals surface area contributed by atoms with Crippen molar-refractivity contribution in [2.75, 3.05) is 13.2 Å². The van der Waals surface area contributed by atoms with E-state index in [-0.39, 0.29) is 25.4 Å². The standard InChI is InChI=1S/C18H24O5/c1-5-22-17(20)16(18(21)23-6-2)15(11-13(4)19)14-9-7-12(3)8-10-14/h7-10,15-16H,5-6,11H2,1-4H3/t15-/m1/s1. The molecule has 1 atom stereocenters. The van der Waals surface area contributed by atoms with Crippen molar-refractivity contribution in [2.45, 2.75) is 40.0 Å². The van der Waals surface area contributed by atoms with Gasteiger partial charge < -0.3 is 14.3 Å². The quantitative estimate of drug-likeness (QED) is 0.544. The Morgan fingerprint density at radius 1 is 0.957 bits per heavy atom. The highest BCUT2D eigenvalue weighted by molar-refractivity contribution is 5.97. The van der Waals surface area contributed by atoms with E-state index in [1.54, 1.807) is 13.8 Å². The van der Waals surface area contributed by atoms with Gasteiger partial charge in [-0.3, -0.25) is 9.59 Å². The van der Waals surface area contributed by atoms with E-state index in [4.69, 9.17) is 9.47 Å². The average molecular weight is 320 g/mol. The number of ether oxygens (including phenoxy) is 2. The topological polar surface area (TPSA) is 69.7 Å². The van der Waals surface area contributed by atoms with E-state index in [0.717, 1.165) is 11.1 Å². The van der Waals surface area contributed by atoms with Crippen LogP contribution in [0.2, 0.25) is 0 Å². The van der Waals surface area contributed by atoms with Crippen LogP contribution in [-0.4, -0.2) is 30.9 Å². The molecule has 5 nitrogen and oxygen atoms in total. The zero-order chi connectivity index (χ0) is 17.4. The van der Waals surface area contributed by atoms with Gasteiger partial charge in [0.2, 0.25) is 0 Å². The molecule has 5 heteroatoms. The number of rotatable bonds is 8. The van der Waals surface area contributed by atoms with E-state index < -0.39 is 23.8 Å². The summed E-state index contributed by atoms with van der Waals surface area (Å²) in [6.45, 7) is 7.05. The van der Waals surface area contributed by atoms with Gasteiger partial charge in [0.15, 0.2) is 5.92 Å². The summed E-state index contributed by atoms with van der Waals surface area (Å²) in [5.74, 6) is -3.14. The molecule has 0 radical (unpaired) electrons. The maximum atomic E-state index is 12.3. The number of benzene rings is 1. The Morgan fingerprint density at radius 3 is 1.83 bits per heavy atom. The third-order valence-electron chi connectivity index (χ3n) is 3.50. The molecular weight excluding hydrogens is 296 g/mol. The second-order valence-corrected chi connectivity index (χ2v) is 5.41. The van der Waals surface area contributed by atoms with Gasteiger partial charge in [0, 0.05) is 12.3 Å². The lowest BCUT2D eigenvalue weighted by molar-refractivity contribution is -0.162. The van der Waals surface area contributed by atoms with Crippen LogP contribution >= 0.6 is 0 Å². The first-order chi connectivity index (χ1) is 10.9. The van der Waals surface area contributed by atoms with Crippen molar-refractivity contribution in [1.82, 2.24) is 0 Å². The van der Waals surface area contributed by atoms with Crippen LogP contribution in [0.15, 0.2) is 24.3 Å². The highest BCUT2D eigenvalue weighted by atomic mass is 16.6. The first kappa shape index (κ1) is 18.9. The third-order valence-corrected chi connectivity index (χ3v) is 3.50. The van der Waals surface area contributed by atoms with Gasteiger partial charge in [0.25, 0.3) is 0 Å². The second-order valence-electron chi connectivity index (χ2n) is 5.41. The smallest absolute Gasteiger partial charge is 0.320 e. The molecule has 0 spiro atoms. The van der Waals surface area contributed by atoms with Crippen LogP contribution in [-0.2, 0) is 23.9 Å². The predicted molar refractivity (Wildman–Crippen MR) is 86.0 cm³/mol. The molecule has 126 valence electrons. The molecule has 0 N–H and O–H groups in total. The van der Waals surface area contributed by atoms with Crippen molar-refractivity contribution in [2.24, 2.45) is 5.92 Å². The van der Waals surface area contributed by atoms with Gasteiger partial charge in [0.05, 0.1) is 13.2 Å². The molecule has 0 amide bonds. The molecule has 0 heterocycles. The molecule has 0 saturated carbocycles. The molecule has 0 unspecified atom stereocenters. The van der Waals surface area contributed by atoms with Crippen LogP contribution in [0, 0.1) is 12.8 Å². The number of carbonyl (C=O) groups excluding carboxylic acids is 3. The van der Waals surface area contributed by atoms with Crippen molar-refractivity contribution in [3.63, 3.8) is 0 Å². The lowest BCUT2D eigenvalue weighted by Crippen LogP contribution is -2.34. The van der Waals surface area contributed by atoms with Gasteiger partial charge in [-0.1, -0.05) is 29.8 Å². The number of carbonyl (C=O) groups is 3. The normalized spacial score (nSPS) is 11.9. The molecule has 0 aliphatic heterocycles. The highest BCUT2D eigenvalue weighted by Gasteiger charge is 2.38. The number of ketones is 1. The molecule has 1 aromatic rings. The maximum absolute atomic E-state index is 12.3. The van der Waals surface area contributed by atoms with Crippen LogP contribution in [0.3, 0.4) is 0 Å². The van der Waals surface area contributed by atoms with Crippen LogP contribution in [0.5, 0.6) is 0 Å². The fraction of sp³-hybridized carbons (Fsp3) is 0.500. The van der Waals surface area contributed by atoms with Crippen molar-refractivity contribution in [3.05, 3.63) is 35.4 Å². The van der Waals surface area contributed by atoms with Gasteiger partial charge in [-0.15, -0.1) is 0 Å². The van der Waals surface area contributed by atoms with Crippen molar-refractivity contribution < 1.29 is 23.9 Å². The van der Waals surface area contributed by atoms with Gasteiger partial charge >= 0.3 is 11.9 Å². The molecule has 0 saturated heterocycles. The summed E-state index contributed by atoms with van der Waals surface area (Å²) in [7, 11) is 0. The van der Waals surface area contributed by atoms with E-state index >= 15 is 0 Å². The third kappa shape index (κ3) is 5.51. The van der Waals surface area contributed by atoms with E-state index in [1.165, 1.54) is 6.92 Å². The van der Waals surface area contributed by atoms with Crippen molar-refractivity contribution >= 4 is 17.7 Å². The summed E-state index contributed by atoms with van der Waals surface area (Å²) in [5, 5.41) is 0. The van der Waals surface area contributed by atoms with E-state index in [2.05, 4.69) is 0 Å². The molecule has 1 aromatic carbocycles. The molecular formula is C18H24O5. The molecule has 0 fully saturated rings. The number of aryl methyl sites for hydroxylation is 1. The van der Waals surface area contributed by atoms with Crippen LogP contribution in [0.25, 0.3) is 0 Å². The molecule has 23 heavy (non-hydrogen) atoms. The molecule has 0 aliphatic rings. The molecule has 0 aliphatic carbocycles. The molecule has 0 bridgehead atoms. The number of Topliss-reactive ketones (excluding diaryl/α,β-unsaturated/α-hetero) is 1. The number of esters is 2. The summed E-state index contributed by atoms with van der Waals surface area (Å²) in [5.41, 5.74) is 1.80. The molecule has 1 rings (SSSR count). The van der Waals surface area contributed by atoms with Crippen LogP contribution in [0.4, 0.5) is 0 Å². The number of hydrogen-bond donors (Lipinski definition) is 0. The van der Waals surface area contributed by atoms with Crippen LogP contribution in [0.1, 0.15) is 44.2 Å². The summed E-state index contributed by atoms with van der Waals surface area (Å²) in [6.07, 6.45) is 0.0748. The Kier molecular flexibility index (Phi) is 7.45. The summed E-state index contributed by atoms with van der Waals surface area (Å²) in [6, 6.07) is 7.43. The Balaban J connectivity index is 3.24. The Labute approximate surface area is 137 Å². The predicted octanol–water partition coefficient (Wildman–Crippen LogP) is 2.80. The Bertz CT molecular complexity index is 529. The summed E-state index contributed by atoms with van der Waals surface area (Å²) >= 11 is 0. The van der Waals surface area contributed by atoms with Gasteiger partial charge in [-0.05, 0) is 33.3 Å². The lowest BCUT2D eigenvalue weighted by Gasteiger charge is -2.24. The van der Waals surface area contributed by atoms with Crippen molar-refractivity contribution in [3.8, 4) is 0 Å². The van der Waals surface area contributed by atoms with Crippen LogP contribution < -0.4 is 0 Å². The minimum atomic E-state index is -1.14. The van der Waals surface area contributed by atoms with Gasteiger partial charge in [-0.2, -0.15) is 0 Å². The summed E-state index contributed by atoms with van der Waals surface area (Å²) < 4.78 is 10.1. The van der Waals surface area contributed by atoms with Gasteiger partial charge in [-0.25, -0.2) is 0 Å². The zero-order valence-electron chi connectivity index (χ0n) is 14.1. The highest BCUT2D eigenvalue weighted by Crippen LogP contribution is 2.31. The van der Waals surface area contributed by atoms with Gasteiger partial charge in [0.1, 0.15) is 5.78 Å². The second kappa shape index (κ2) is 9.08. The Hall–Kier alpha value is -2.17. The Morgan fingerprint density at radius 2 is 1.43 bits per heavy atom.